The molecular formula is C21H22BrN7O4S. The molecule has 3 amide bonds. The molecule has 0 bridgehead atoms. The molecule has 11 nitrogen and oxygen atoms in total. The predicted molar refractivity (Wildman–Crippen MR) is 130 cm³/mol. The van der Waals surface area contributed by atoms with E-state index in [1.54, 1.807) is 17.2 Å². The third kappa shape index (κ3) is 4.14. The maximum atomic E-state index is 12.9. The first-order valence-electron chi connectivity index (χ1n) is 10.7. The average molecular weight is 548 g/mol. The Hall–Kier alpha value is -3.03. The summed E-state index contributed by atoms with van der Waals surface area (Å²) in [7, 11) is -3.27. The molecule has 2 aromatic heterocycles. The lowest BCUT2D eigenvalue weighted by Crippen LogP contribution is -2.51. The molecule has 0 atom stereocenters. The highest BCUT2D eigenvalue weighted by Gasteiger charge is 2.27. The third-order valence-corrected chi connectivity index (χ3v) is 7.96. The minimum absolute atomic E-state index is 0.155. The molecule has 178 valence electrons. The van der Waals surface area contributed by atoms with Gasteiger partial charge in [-0.15, -0.1) is 0 Å². The number of halogens is 1. The average Bonchev–Trinajstić information content (AvgIpc) is 3.09. The van der Waals surface area contributed by atoms with E-state index >= 15 is 0 Å². The summed E-state index contributed by atoms with van der Waals surface area (Å²) >= 11 is 3.49. The zero-order valence-electron chi connectivity index (χ0n) is 18.3. The minimum atomic E-state index is -3.27. The van der Waals surface area contributed by atoms with E-state index in [-0.39, 0.29) is 25.0 Å². The van der Waals surface area contributed by atoms with Gasteiger partial charge in [0.25, 0.3) is 5.91 Å². The first-order chi connectivity index (χ1) is 16.2. The van der Waals surface area contributed by atoms with E-state index in [4.69, 9.17) is 0 Å². The molecule has 4 heterocycles. The van der Waals surface area contributed by atoms with Gasteiger partial charge in [-0.2, -0.15) is 4.31 Å². The van der Waals surface area contributed by atoms with Crippen LogP contribution in [0.25, 0.3) is 22.6 Å². The summed E-state index contributed by atoms with van der Waals surface area (Å²) in [5.41, 5.74) is 3.02. The van der Waals surface area contributed by atoms with Crippen molar-refractivity contribution in [3.63, 3.8) is 0 Å². The lowest BCUT2D eigenvalue weighted by molar-refractivity contribution is 0.0956. The Balaban J connectivity index is 1.42. The number of sulfonamides is 1. The number of hydrogen-bond acceptors (Lipinski definition) is 6. The molecule has 34 heavy (non-hydrogen) atoms. The van der Waals surface area contributed by atoms with Crippen molar-refractivity contribution in [2.24, 2.45) is 0 Å². The Bertz CT molecular complexity index is 1410. The van der Waals surface area contributed by atoms with E-state index in [0.717, 1.165) is 5.56 Å². The summed E-state index contributed by atoms with van der Waals surface area (Å²) in [5.74, 6) is 0.494. The standard InChI is InChI=1S/C21H22BrN7O4S/c1-34(32,33)28-10-8-27(9-11-28)21(31)25-16-12-13(2-3-15(16)22)19-26-18-17-14(4-5-23-18)20(30)24-6-7-29(17)19/h2-5,12H,6-11H2,1H3,(H,24,30)(H,25,31). The molecule has 13 heteroatoms. The van der Waals surface area contributed by atoms with Crippen molar-refractivity contribution < 1.29 is 18.0 Å². The number of piperazine rings is 1. The van der Waals surface area contributed by atoms with E-state index in [1.807, 2.05) is 22.8 Å². The van der Waals surface area contributed by atoms with Gasteiger partial charge in [-0.3, -0.25) is 4.79 Å². The molecule has 5 rings (SSSR count). The van der Waals surface area contributed by atoms with Gasteiger partial charge < -0.3 is 20.1 Å². The summed E-state index contributed by atoms with van der Waals surface area (Å²) in [4.78, 5) is 35.9. The van der Waals surface area contributed by atoms with E-state index in [1.165, 1.54) is 10.6 Å². The van der Waals surface area contributed by atoms with Crippen LogP contribution in [0, 0.1) is 0 Å². The van der Waals surface area contributed by atoms with E-state index < -0.39 is 10.0 Å². The second-order valence-corrected chi connectivity index (χ2v) is 11.0. The summed E-state index contributed by atoms with van der Waals surface area (Å²) in [6, 6.07) is 6.90. The topological polar surface area (TPSA) is 130 Å². The summed E-state index contributed by atoms with van der Waals surface area (Å²) in [6.07, 6.45) is 2.74. The van der Waals surface area contributed by atoms with Gasteiger partial charge in [0, 0.05) is 55.5 Å². The SMILES string of the molecule is CS(=O)(=O)N1CCN(C(=O)Nc2cc(-c3nc4nccc5c4n3CCNC5=O)ccc2Br)CC1. The number of benzene rings is 1. The predicted octanol–water partition coefficient (Wildman–Crippen LogP) is 1.71. The van der Waals surface area contributed by atoms with E-state index in [9.17, 15) is 18.0 Å². The maximum absolute atomic E-state index is 12.9. The van der Waals surface area contributed by atoms with Crippen molar-refractivity contribution in [3.05, 3.63) is 40.5 Å². The van der Waals surface area contributed by atoms with Crippen molar-refractivity contribution >= 4 is 54.7 Å². The molecule has 2 aliphatic heterocycles. The van der Waals surface area contributed by atoms with Gasteiger partial charge >= 0.3 is 6.03 Å². The second-order valence-electron chi connectivity index (χ2n) is 8.15. The number of rotatable bonds is 3. The fraction of sp³-hybridized carbons (Fsp3) is 0.333. The Morgan fingerprint density at radius 3 is 2.65 bits per heavy atom. The molecule has 0 radical (unpaired) electrons. The fourth-order valence-electron chi connectivity index (χ4n) is 4.23. The van der Waals surface area contributed by atoms with Gasteiger partial charge in [0.2, 0.25) is 10.0 Å². The van der Waals surface area contributed by atoms with Crippen LogP contribution < -0.4 is 10.6 Å². The van der Waals surface area contributed by atoms with E-state index in [2.05, 4.69) is 36.5 Å². The van der Waals surface area contributed by atoms with Crippen LogP contribution >= 0.6 is 15.9 Å². The lowest BCUT2D eigenvalue weighted by atomic mass is 10.2. The molecule has 0 aliphatic carbocycles. The molecule has 3 aromatic rings. The van der Waals surface area contributed by atoms with Crippen molar-refractivity contribution in [2.45, 2.75) is 6.54 Å². The van der Waals surface area contributed by atoms with Gasteiger partial charge in [-0.25, -0.2) is 23.2 Å². The number of hydrogen-bond donors (Lipinski definition) is 2. The number of urea groups is 1. The van der Waals surface area contributed by atoms with E-state index in [0.29, 0.717) is 58.9 Å². The molecule has 2 N–H and O–H groups in total. The number of nitrogens with zero attached hydrogens (tertiary/aromatic N) is 5. The van der Waals surface area contributed by atoms with Crippen LogP contribution in [-0.2, 0) is 16.6 Å². The molecule has 1 aromatic carbocycles. The summed E-state index contributed by atoms with van der Waals surface area (Å²) < 4.78 is 27.5. The highest BCUT2D eigenvalue weighted by molar-refractivity contribution is 9.10. The maximum Gasteiger partial charge on any atom is 0.321 e. The van der Waals surface area contributed by atoms with Crippen LogP contribution in [0.4, 0.5) is 10.5 Å². The monoisotopic (exact) mass is 547 g/mol. The zero-order valence-corrected chi connectivity index (χ0v) is 20.7. The normalized spacial score (nSPS) is 16.9. The van der Waals surface area contributed by atoms with Crippen molar-refractivity contribution in [1.82, 2.24) is 29.1 Å². The minimum Gasteiger partial charge on any atom is -0.350 e. The van der Waals surface area contributed by atoms with Gasteiger partial charge in [0.05, 0.1) is 17.5 Å². The third-order valence-electron chi connectivity index (χ3n) is 5.97. The first-order valence-corrected chi connectivity index (χ1v) is 13.3. The molecule has 0 saturated carbocycles. The first kappa shape index (κ1) is 22.7. The van der Waals surface area contributed by atoms with Gasteiger partial charge in [-0.05, 0) is 40.2 Å². The molecular weight excluding hydrogens is 526 g/mol. The largest absolute Gasteiger partial charge is 0.350 e. The van der Waals surface area contributed by atoms with Crippen LogP contribution in [0.15, 0.2) is 34.9 Å². The molecule has 1 saturated heterocycles. The van der Waals surface area contributed by atoms with Crippen molar-refractivity contribution in [2.75, 3.05) is 44.3 Å². The highest BCUT2D eigenvalue weighted by Crippen LogP contribution is 2.32. The zero-order chi connectivity index (χ0) is 24.0. The lowest BCUT2D eigenvalue weighted by Gasteiger charge is -2.33. The number of imidazole rings is 1. The second kappa shape index (κ2) is 8.64. The van der Waals surface area contributed by atoms with Gasteiger partial charge in [-0.1, -0.05) is 0 Å². The van der Waals surface area contributed by atoms with Crippen LogP contribution in [0.1, 0.15) is 10.4 Å². The summed E-state index contributed by atoms with van der Waals surface area (Å²) in [5, 5.41) is 5.80. The number of carbonyl (C=O) groups is 2. The van der Waals surface area contributed by atoms with Crippen LogP contribution in [0.3, 0.4) is 0 Å². The Morgan fingerprint density at radius 2 is 1.91 bits per heavy atom. The number of amides is 3. The van der Waals surface area contributed by atoms with Gasteiger partial charge in [0.1, 0.15) is 11.3 Å². The van der Waals surface area contributed by atoms with Crippen LogP contribution in [0.2, 0.25) is 0 Å². The van der Waals surface area contributed by atoms with Gasteiger partial charge in [0.15, 0.2) is 5.65 Å². The number of carbonyl (C=O) groups excluding carboxylic acids is 2. The van der Waals surface area contributed by atoms with Crippen molar-refractivity contribution in [3.8, 4) is 11.4 Å². The molecule has 2 aliphatic rings. The Labute approximate surface area is 204 Å². The summed E-state index contributed by atoms with van der Waals surface area (Å²) in [6.45, 7) is 2.15. The van der Waals surface area contributed by atoms with Crippen LogP contribution in [0.5, 0.6) is 0 Å². The smallest absolute Gasteiger partial charge is 0.321 e. The number of pyridine rings is 1. The molecule has 0 unspecified atom stereocenters. The highest BCUT2D eigenvalue weighted by atomic mass is 79.9. The van der Waals surface area contributed by atoms with Crippen LogP contribution in [-0.4, -0.2) is 83.1 Å². The number of anilines is 1. The number of nitrogens with one attached hydrogen (secondary N) is 2. The Morgan fingerprint density at radius 1 is 1.15 bits per heavy atom. The number of aromatic nitrogens is 3. The molecule has 1 fully saturated rings. The van der Waals surface area contributed by atoms with Crippen molar-refractivity contribution in [1.29, 1.82) is 0 Å². The fourth-order valence-corrected chi connectivity index (χ4v) is 5.40. The molecule has 0 spiro atoms. The Kier molecular flexibility index (Phi) is 5.78. The quantitative estimate of drug-likeness (QED) is 0.513.